The first-order valence-electron chi connectivity index (χ1n) is 7.08. The van der Waals surface area contributed by atoms with E-state index in [1.807, 2.05) is 6.07 Å². The number of hydrazine groups is 1. The van der Waals surface area contributed by atoms with Crippen LogP contribution in [0.2, 0.25) is 0 Å². The molecule has 0 saturated carbocycles. The Bertz CT molecular complexity index is 815. The second-order valence-corrected chi connectivity index (χ2v) is 5.44. The summed E-state index contributed by atoms with van der Waals surface area (Å²) in [7, 11) is 0. The number of aryl methyl sites for hydroxylation is 2. The minimum absolute atomic E-state index is 0.254. The van der Waals surface area contributed by atoms with Crippen LogP contribution < -0.4 is 10.9 Å². The van der Waals surface area contributed by atoms with Crippen LogP contribution in [0.5, 0.6) is 0 Å². The minimum atomic E-state index is -4.70. The van der Waals surface area contributed by atoms with E-state index in [0.29, 0.717) is 17.7 Å². The van der Waals surface area contributed by atoms with Gasteiger partial charge in [0.05, 0.1) is 10.5 Å². The molecule has 0 bridgehead atoms. The number of amides is 1. The molecule has 0 fully saturated rings. The van der Waals surface area contributed by atoms with Crippen LogP contribution in [0.3, 0.4) is 0 Å². The van der Waals surface area contributed by atoms with E-state index in [4.69, 9.17) is 0 Å². The highest BCUT2D eigenvalue weighted by molar-refractivity contribution is 5.95. The van der Waals surface area contributed by atoms with Gasteiger partial charge in [0, 0.05) is 11.6 Å². The fraction of sp³-hybridized carbons (Fsp3) is 0.188. The highest BCUT2D eigenvalue weighted by atomic mass is 19.4. The standard InChI is InChI=1S/C16H14F3N3O3/c1-9-5-10(2)7-11(6-9)15(23)21-20-13-4-3-12(16(17,18)19)8-14(13)22(24)25/h3-8,20H,1-2H3,(H,21,23). The topological polar surface area (TPSA) is 84.3 Å². The SMILES string of the molecule is Cc1cc(C)cc(C(=O)NNc2ccc(C(F)(F)F)cc2[N+](=O)[O-])c1. The molecule has 0 aliphatic rings. The molecule has 1 amide bonds. The quantitative estimate of drug-likeness (QED) is 0.643. The Hall–Kier alpha value is -3.10. The number of nitrogens with one attached hydrogen (secondary N) is 2. The van der Waals surface area contributed by atoms with E-state index < -0.39 is 28.3 Å². The lowest BCUT2D eigenvalue weighted by atomic mass is 10.1. The van der Waals surface area contributed by atoms with Gasteiger partial charge in [0.15, 0.2) is 0 Å². The summed E-state index contributed by atoms with van der Waals surface area (Å²) in [5.74, 6) is -0.569. The summed E-state index contributed by atoms with van der Waals surface area (Å²) >= 11 is 0. The molecule has 0 heterocycles. The van der Waals surface area contributed by atoms with E-state index in [1.165, 1.54) is 0 Å². The zero-order valence-electron chi connectivity index (χ0n) is 13.3. The number of hydrogen-bond acceptors (Lipinski definition) is 4. The lowest BCUT2D eigenvalue weighted by Gasteiger charge is -2.12. The first-order valence-corrected chi connectivity index (χ1v) is 7.08. The number of benzene rings is 2. The molecule has 25 heavy (non-hydrogen) atoms. The lowest BCUT2D eigenvalue weighted by molar-refractivity contribution is -0.384. The molecule has 0 unspecified atom stereocenters. The maximum absolute atomic E-state index is 12.7. The molecule has 2 aromatic rings. The molecular formula is C16H14F3N3O3. The van der Waals surface area contributed by atoms with Crippen molar-refractivity contribution in [3.05, 3.63) is 68.8 Å². The van der Waals surface area contributed by atoms with Crippen LogP contribution in [0.4, 0.5) is 24.5 Å². The number of halogens is 3. The molecule has 2 N–H and O–H groups in total. The van der Waals surface area contributed by atoms with Gasteiger partial charge < -0.3 is 0 Å². The Kier molecular flexibility index (Phi) is 4.96. The Morgan fingerprint density at radius 3 is 2.20 bits per heavy atom. The zero-order chi connectivity index (χ0) is 18.8. The first kappa shape index (κ1) is 18.2. The molecule has 6 nitrogen and oxygen atoms in total. The molecule has 132 valence electrons. The number of alkyl halides is 3. The molecule has 9 heteroatoms. The molecule has 0 atom stereocenters. The fourth-order valence-electron chi connectivity index (χ4n) is 2.27. The minimum Gasteiger partial charge on any atom is -0.292 e. The third-order valence-electron chi connectivity index (χ3n) is 3.32. The van der Waals surface area contributed by atoms with E-state index in [1.54, 1.807) is 26.0 Å². The number of rotatable bonds is 4. The summed E-state index contributed by atoms with van der Waals surface area (Å²) in [4.78, 5) is 22.1. The molecule has 2 rings (SSSR count). The third-order valence-corrected chi connectivity index (χ3v) is 3.32. The Morgan fingerprint density at radius 1 is 1.08 bits per heavy atom. The summed E-state index contributed by atoms with van der Waals surface area (Å²) in [6.07, 6.45) is -4.70. The van der Waals surface area contributed by atoms with Crippen molar-refractivity contribution in [3.63, 3.8) is 0 Å². The van der Waals surface area contributed by atoms with Gasteiger partial charge in [-0.2, -0.15) is 13.2 Å². The van der Waals surface area contributed by atoms with E-state index in [2.05, 4.69) is 10.9 Å². The van der Waals surface area contributed by atoms with Gasteiger partial charge in [-0.1, -0.05) is 17.2 Å². The van der Waals surface area contributed by atoms with Crippen LogP contribution in [-0.4, -0.2) is 10.8 Å². The number of anilines is 1. The highest BCUT2D eigenvalue weighted by Crippen LogP contribution is 2.34. The normalized spacial score (nSPS) is 11.1. The first-order chi connectivity index (χ1) is 11.6. The summed E-state index contributed by atoms with van der Waals surface area (Å²) in [6.45, 7) is 3.61. The monoisotopic (exact) mass is 353 g/mol. The van der Waals surface area contributed by atoms with Crippen molar-refractivity contribution in [3.8, 4) is 0 Å². The van der Waals surface area contributed by atoms with Crippen molar-refractivity contribution >= 4 is 17.3 Å². The smallest absolute Gasteiger partial charge is 0.292 e. The highest BCUT2D eigenvalue weighted by Gasteiger charge is 2.33. The maximum Gasteiger partial charge on any atom is 0.416 e. The maximum atomic E-state index is 12.7. The third kappa shape index (κ3) is 4.46. The average Bonchev–Trinajstić information content (AvgIpc) is 2.50. The van der Waals surface area contributed by atoms with Crippen molar-refractivity contribution in [1.82, 2.24) is 5.43 Å². The molecule has 0 spiro atoms. The molecule has 0 saturated heterocycles. The van der Waals surface area contributed by atoms with Gasteiger partial charge in [0.1, 0.15) is 5.69 Å². The zero-order valence-corrected chi connectivity index (χ0v) is 13.3. The predicted molar refractivity (Wildman–Crippen MR) is 85.1 cm³/mol. The largest absolute Gasteiger partial charge is 0.416 e. The van der Waals surface area contributed by atoms with Gasteiger partial charge >= 0.3 is 6.18 Å². The number of nitro groups is 1. The number of nitrogens with zero attached hydrogens (tertiary/aromatic N) is 1. The Labute approximate surface area is 140 Å². The second-order valence-electron chi connectivity index (χ2n) is 5.44. The van der Waals surface area contributed by atoms with E-state index in [0.717, 1.165) is 17.2 Å². The summed E-state index contributed by atoms with van der Waals surface area (Å²) in [5, 5.41) is 11.0. The number of carbonyl (C=O) groups is 1. The van der Waals surface area contributed by atoms with Crippen LogP contribution in [0.15, 0.2) is 36.4 Å². The van der Waals surface area contributed by atoms with E-state index >= 15 is 0 Å². The number of hydrogen-bond donors (Lipinski definition) is 2. The van der Waals surface area contributed by atoms with Crippen molar-refractivity contribution < 1.29 is 22.9 Å². The molecule has 2 aromatic carbocycles. The van der Waals surface area contributed by atoms with Gasteiger partial charge in [-0.05, 0) is 38.1 Å². The summed E-state index contributed by atoms with van der Waals surface area (Å²) in [5.41, 5.74) is 4.38. The van der Waals surface area contributed by atoms with Crippen molar-refractivity contribution in [2.24, 2.45) is 0 Å². The predicted octanol–water partition coefficient (Wildman–Crippen LogP) is 3.99. The Morgan fingerprint density at radius 2 is 1.68 bits per heavy atom. The second kappa shape index (κ2) is 6.80. The lowest BCUT2D eigenvalue weighted by Crippen LogP contribution is -2.29. The van der Waals surface area contributed by atoms with E-state index in [9.17, 15) is 28.1 Å². The van der Waals surface area contributed by atoms with Crippen molar-refractivity contribution in [1.29, 1.82) is 0 Å². The molecular weight excluding hydrogens is 339 g/mol. The van der Waals surface area contributed by atoms with Crippen LogP contribution in [0, 0.1) is 24.0 Å². The molecule has 0 aromatic heterocycles. The van der Waals surface area contributed by atoms with E-state index in [-0.39, 0.29) is 5.69 Å². The van der Waals surface area contributed by atoms with Crippen molar-refractivity contribution in [2.75, 3.05) is 5.43 Å². The van der Waals surface area contributed by atoms with Gasteiger partial charge in [0.25, 0.3) is 11.6 Å². The summed E-state index contributed by atoms with van der Waals surface area (Å²) < 4.78 is 38.0. The van der Waals surface area contributed by atoms with Crippen molar-refractivity contribution in [2.45, 2.75) is 20.0 Å². The van der Waals surface area contributed by atoms with Gasteiger partial charge in [0.2, 0.25) is 0 Å². The van der Waals surface area contributed by atoms with Gasteiger partial charge in [-0.25, -0.2) is 0 Å². The van der Waals surface area contributed by atoms with Crippen LogP contribution in [0.25, 0.3) is 0 Å². The van der Waals surface area contributed by atoms with Crippen LogP contribution >= 0.6 is 0 Å². The molecule has 0 aliphatic heterocycles. The number of nitro benzene ring substituents is 1. The number of carbonyl (C=O) groups excluding carboxylic acids is 1. The van der Waals surface area contributed by atoms with Gasteiger partial charge in [-0.15, -0.1) is 0 Å². The van der Waals surface area contributed by atoms with Crippen LogP contribution in [-0.2, 0) is 6.18 Å². The summed E-state index contributed by atoms with van der Waals surface area (Å²) in [6, 6.07) is 7.09. The fourth-order valence-corrected chi connectivity index (χ4v) is 2.27. The Balaban J connectivity index is 2.22. The molecule has 0 aliphatic carbocycles. The average molecular weight is 353 g/mol. The van der Waals surface area contributed by atoms with Gasteiger partial charge in [-0.3, -0.25) is 25.8 Å². The molecule has 0 radical (unpaired) electrons. The van der Waals surface area contributed by atoms with Crippen LogP contribution in [0.1, 0.15) is 27.0 Å².